The predicted molar refractivity (Wildman–Crippen MR) is 172 cm³/mol. The second-order valence-electron chi connectivity index (χ2n) is 10.4. The van der Waals surface area contributed by atoms with Crippen molar-refractivity contribution in [2.24, 2.45) is 0 Å². The van der Waals surface area contributed by atoms with Crippen molar-refractivity contribution in [1.29, 1.82) is 0 Å². The summed E-state index contributed by atoms with van der Waals surface area (Å²) < 4.78 is 32.8. The maximum absolute atomic E-state index is 8.05. The van der Waals surface area contributed by atoms with Crippen LogP contribution in [-0.2, 0) is 0 Å². The lowest BCUT2D eigenvalue weighted by Gasteiger charge is -2.20. The van der Waals surface area contributed by atoms with Gasteiger partial charge in [0.15, 0.2) is 0 Å². The molecule has 0 aliphatic carbocycles. The van der Waals surface area contributed by atoms with E-state index in [0.29, 0.717) is 17.2 Å². The fourth-order valence-electron chi connectivity index (χ4n) is 5.90. The molecule has 0 spiro atoms. The van der Waals surface area contributed by atoms with Crippen LogP contribution >= 0.6 is 0 Å². The largest absolute Gasteiger partial charge is 0.457 e. The quantitative estimate of drug-likeness (QED) is 0.215. The number of rotatable bonds is 5. The van der Waals surface area contributed by atoms with Crippen molar-refractivity contribution < 1.29 is 8.85 Å². The van der Waals surface area contributed by atoms with Gasteiger partial charge in [-0.25, -0.2) is 4.98 Å². The molecule has 5 heteroatoms. The zero-order valence-corrected chi connectivity index (χ0v) is 22.7. The molecular formula is C37H28N4O. The Kier molecular flexibility index (Phi) is 4.96. The minimum atomic E-state index is -2.25. The molecular weight excluding hydrogens is 516 g/mol. The SMILES string of the molecule is [2H]C([2H])([2H])N1CN(c2cccc(Oc3ccc4c5ccccc5n(-c5cc(-c6ccccc6)ccn5)c4c3)c2)c2ccccc21. The summed E-state index contributed by atoms with van der Waals surface area (Å²) in [6.45, 7) is -2.03. The summed E-state index contributed by atoms with van der Waals surface area (Å²) in [6.07, 6.45) is 1.86. The maximum Gasteiger partial charge on any atom is 0.138 e. The van der Waals surface area contributed by atoms with Gasteiger partial charge in [0.1, 0.15) is 17.3 Å². The van der Waals surface area contributed by atoms with Gasteiger partial charge in [-0.2, -0.15) is 0 Å². The number of ether oxygens (including phenoxy) is 1. The van der Waals surface area contributed by atoms with Crippen LogP contribution in [0.4, 0.5) is 17.1 Å². The molecule has 2 aromatic heterocycles. The van der Waals surface area contributed by atoms with Crippen molar-refractivity contribution in [3.05, 3.63) is 140 Å². The van der Waals surface area contributed by atoms with E-state index < -0.39 is 6.98 Å². The number of pyridine rings is 1. The highest BCUT2D eigenvalue weighted by Crippen LogP contribution is 2.41. The Hall–Kier alpha value is -5.55. The lowest BCUT2D eigenvalue weighted by atomic mass is 10.1. The molecule has 202 valence electrons. The molecule has 0 saturated heterocycles. The molecule has 0 unspecified atom stereocenters. The van der Waals surface area contributed by atoms with Crippen LogP contribution in [0.15, 0.2) is 140 Å². The molecule has 0 bridgehead atoms. The molecule has 1 aliphatic rings. The summed E-state index contributed by atoms with van der Waals surface area (Å²) >= 11 is 0. The highest BCUT2D eigenvalue weighted by molar-refractivity contribution is 6.09. The third-order valence-corrected chi connectivity index (χ3v) is 7.84. The van der Waals surface area contributed by atoms with Gasteiger partial charge in [-0.15, -0.1) is 0 Å². The van der Waals surface area contributed by atoms with Crippen molar-refractivity contribution in [1.82, 2.24) is 9.55 Å². The van der Waals surface area contributed by atoms with Crippen molar-refractivity contribution in [2.75, 3.05) is 23.4 Å². The van der Waals surface area contributed by atoms with Gasteiger partial charge < -0.3 is 14.5 Å². The Morgan fingerprint density at radius 1 is 0.643 bits per heavy atom. The zero-order chi connectivity index (χ0) is 30.5. The molecule has 0 saturated carbocycles. The van der Waals surface area contributed by atoms with E-state index in [1.165, 1.54) is 4.90 Å². The highest BCUT2D eigenvalue weighted by atomic mass is 16.5. The van der Waals surface area contributed by atoms with Crippen LogP contribution in [0.5, 0.6) is 11.5 Å². The molecule has 5 aromatic carbocycles. The Labute approximate surface area is 248 Å². The Bertz CT molecular complexity index is 2190. The first-order chi connectivity index (χ1) is 21.9. The van der Waals surface area contributed by atoms with E-state index in [0.717, 1.165) is 50.1 Å². The third kappa shape index (κ3) is 4.06. The number of para-hydroxylation sites is 3. The second-order valence-corrected chi connectivity index (χ2v) is 10.4. The minimum absolute atomic E-state index is 0.223. The lowest BCUT2D eigenvalue weighted by molar-refractivity contribution is 0.483. The Balaban J connectivity index is 1.18. The van der Waals surface area contributed by atoms with Gasteiger partial charge in [0.2, 0.25) is 0 Å². The fourth-order valence-corrected chi connectivity index (χ4v) is 5.90. The predicted octanol–water partition coefficient (Wildman–Crippen LogP) is 9.18. The van der Waals surface area contributed by atoms with E-state index in [9.17, 15) is 0 Å². The van der Waals surface area contributed by atoms with Gasteiger partial charge in [0.05, 0.1) is 29.1 Å². The first-order valence-corrected chi connectivity index (χ1v) is 13.9. The molecule has 0 radical (unpaired) electrons. The lowest BCUT2D eigenvalue weighted by Crippen LogP contribution is -2.23. The second kappa shape index (κ2) is 9.82. The van der Waals surface area contributed by atoms with Crippen LogP contribution in [0, 0.1) is 0 Å². The number of benzene rings is 5. The van der Waals surface area contributed by atoms with Crippen molar-refractivity contribution in [2.45, 2.75) is 0 Å². The van der Waals surface area contributed by atoms with Crippen molar-refractivity contribution in [3.8, 4) is 28.4 Å². The summed E-state index contributed by atoms with van der Waals surface area (Å²) in [7, 11) is 0. The summed E-state index contributed by atoms with van der Waals surface area (Å²) in [5.74, 6) is 2.17. The van der Waals surface area contributed by atoms with Gasteiger partial charge in [-0.3, -0.25) is 4.57 Å². The van der Waals surface area contributed by atoms with E-state index >= 15 is 0 Å². The summed E-state index contributed by atoms with van der Waals surface area (Å²) in [5, 5.41) is 2.25. The number of hydrogen-bond donors (Lipinski definition) is 0. The van der Waals surface area contributed by atoms with Crippen LogP contribution < -0.4 is 14.5 Å². The standard InChI is InChI=1S/C37H28N4O/c1-39-25-40(35-17-8-7-16-34(35)39)28-12-9-13-29(23-28)42-30-18-19-32-31-14-5-6-15-33(31)41(36(32)24-30)37-22-27(20-21-38-37)26-10-3-2-4-11-26/h2-24H,25H2,1H3/i1D3. The van der Waals surface area contributed by atoms with E-state index in [-0.39, 0.29) is 6.67 Å². The molecule has 7 aromatic rings. The Morgan fingerprint density at radius 3 is 2.33 bits per heavy atom. The Morgan fingerprint density at radius 2 is 1.43 bits per heavy atom. The molecule has 8 rings (SSSR count). The first kappa shape index (κ1) is 21.2. The molecule has 0 fully saturated rings. The maximum atomic E-state index is 8.05. The number of fused-ring (bicyclic) bond motifs is 4. The van der Waals surface area contributed by atoms with Crippen molar-refractivity contribution in [3.63, 3.8) is 0 Å². The van der Waals surface area contributed by atoms with E-state index in [4.69, 9.17) is 13.8 Å². The van der Waals surface area contributed by atoms with Gasteiger partial charge in [0.25, 0.3) is 0 Å². The van der Waals surface area contributed by atoms with Crippen LogP contribution in [0.2, 0.25) is 0 Å². The van der Waals surface area contributed by atoms with Gasteiger partial charge in [-0.1, -0.05) is 66.7 Å². The summed E-state index contributed by atoms with van der Waals surface area (Å²) in [4.78, 5) is 8.24. The molecule has 0 amide bonds. The smallest absolute Gasteiger partial charge is 0.138 e. The molecule has 5 nitrogen and oxygen atoms in total. The van der Waals surface area contributed by atoms with E-state index in [1.54, 1.807) is 0 Å². The van der Waals surface area contributed by atoms with Gasteiger partial charge in [-0.05, 0) is 65.7 Å². The topological polar surface area (TPSA) is 33.5 Å². The molecule has 0 atom stereocenters. The molecule has 42 heavy (non-hydrogen) atoms. The number of anilines is 3. The van der Waals surface area contributed by atoms with Crippen LogP contribution in [-0.4, -0.2) is 23.2 Å². The van der Waals surface area contributed by atoms with Crippen LogP contribution in [0.3, 0.4) is 0 Å². The summed E-state index contributed by atoms with van der Waals surface area (Å²) in [5.41, 5.74) is 6.67. The van der Waals surface area contributed by atoms with Gasteiger partial charge >= 0.3 is 0 Å². The van der Waals surface area contributed by atoms with Crippen LogP contribution in [0.25, 0.3) is 38.8 Å². The molecule has 0 N–H and O–H groups in total. The average Bonchev–Trinajstić information content (AvgIpc) is 3.62. The highest BCUT2D eigenvalue weighted by Gasteiger charge is 2.24. The first-order valence-electron chi connectivity index (χ1n) is 15.4. The van der Waals surface area contributed by atoms with Gasteiger partial charge in [0, 0.05) is 45.9 Å². The number of aromatic nitrogens is 2. The molecule has 1 aliphatic heterocycles. The van der Waals surface area contributed by atoms with E-state index in [2.05, 4.69) is 53.1 Å². The average molecular weight is 548 g/mol. The number of hydrogen-bond acceptors (Lipinski definition) is 4. The minimum Gasteiger partial charge on any atom is -0.457 e. The monoisotopic (exact) mass is 547 g/mol. The number of nitrogens with zero attached hydrogens (tertiary/aromatic N) is 4. The fraction of sp³-hybridized carbons (Fsp3) is 0.0541. The van der Waals surface area contributed by atoms with Crippen LogP contribution in [0.1, 0.15) is 4.11 Å². The third-order valence-electron chi connectivity index (χ3n) is 7.84. The summed E-state index contributed by atoms with van der Waals surface area (Å²) in [6, 6.07) is 44.3. The van der Waals surface area contributed by atoms with Crippen molar-refractivity contribution >= 4 is 38.9 Å². The normalized spacial score (nSPS) is 14.0. The van der Waals surface area contributed by atoms with E-state index in [1.807, 2.05) is 96.0 Å². The molecule has 3 heterocycles. The zero-order valence-electron chi connectivity index (χ0n) is 25.7.